The summed E-state index contributed by atoms with van der Waals surface area (Å²) in [6, 6.07) is 5.44. The van der Waals surface area contributed by atoms with Crippen LogP contribution in [0.15, 0.2) is 24.4 Å². The minimum atomic E-state index is -0.592. The second-order valence-corrected chi connectivity index (χ2v) is 8.41. The van der Waals surface area contributed by atoms with E-state index < -0.39 is 6.04 Å². The zero-order valence-electron chi connectivity index (χ0n) is 17.2. The molecule has 3 N–H and O–H groups in total. The van der Waals surface area contributed by atoms with Crippen molar-refractivity contribution in [1.82, 2.24) is 30.1 Å². The van der Waals surface area contributed by atoms with Crippen LogP contribution < -0.4 is 11.1 Å². The second-order valence-electron chi connectivity index (χ2n) is 8.41. The van der Waals surface area contributed by atoms with E-state index in [2.05, 4.69) is 26.6 Å². The number of hydrogen-bond donors (Lipinski definition) is 2. The SMILES string of the molecule is NCc1cn(C2CCN(Cc3cccc4c3CN(C3CCC(=O)NC3=O)C4=O)C2)nn1. The van der Waals surface area contributed by atoms with Crippen molar-refractivity contribution in [1.29, 1.82) is 0 Å². The highest BCUT2D eigenvalue weighted by Crippen LogP contribution is 2.31. The molecule has 0 saturated carbocycles. The first-order chi connectivity index (χ1) is 15.0. The molecule has 2 fully saturated rings. The Morgan fingerprint density at radius 3 is 2.84 bits per heavy atom. The molecule has 3 aliphatic heterocycles. The van der Waals surface area contributed by atoms with Crippen LogP contribution in [0.4, 0.5) is 0 Å². The molecule has 0 radical (unpaired) electrons. The summed E-state index contributed by atoms with van der Waals surface area (Å²) < 4.78 is 1.89. The quantitative estimate of drug-likeness (QED) is 0.646. The monoisotopic (exact) mass is 423 g/mol. The van der Waals surface area contributed by atoms with Crippen molar-refractivity contribution in [2.75, 3.05) is 13.1 Å². The molecule has 2 unspecified atom stereocenters. The number of nitrogens with one attached hydrogen (secondary N) is 1. The number of amides is 3. The average Bonchev–Trinajstić information content (AvgIpc) is 3.48. The molecule has 2 saturated heterocycles. The predicted octanol–water partition coefficient (Wildman–Crippen LogP) is -0.0552. The van der Waals surface area contributed by atoms with Gasteiger partial charge < -0.3 is 10.6 Å². The summed E-state index contributed by atoms with van der Waals surface area (Å²) in [4.78, 5) is 40.7. The molecular formula is C21H25N7O3. The first-order valence-corrected chi connectivity index (χ1v) is 10.6. The van der Waals surface area contributed by atoms with Gasteiger partial charge in [-0.1, -0.05) is 17.3 Å². The lowest BCUT2D eigenvalue weighted by Gasteiger charge is -2.29. The van der Waals surface area contributed by atoms with E-state index in [0.717, 1.165) is 42.9 Å². The van der Waals surface area contributed by atoms with Crippen LogP contribution in [-0.2, 0) is 29.2 Å². The van der Waals surface area contributed by atoms with E-state index in [0.29, 0.717) is 25.1 Å². The molecule has 1 aromatic carbocycles. The van der Waals surface area contributed by atoms with E-state index in [1.807, 2.05) is 23.0 Å². The highest BCUT2D eigenvalue weighted by atomic mass is 16.2. The molecule has 0 bridgehead atoms. The van der Waals surface area contributed by atoms with Gasteiger partial charge in [0.15, 0.2) is 0 Å². The third-order valence-electron chi connectivity index (χ3n) is 6.46. The largest absolute Gasteiger partial charge is 0.325 e. The van der Waals surface area contributed by atoms with Crippen molar-refractivity contribution in [3.8, 4) is 0 Å². The van der Waals surface area contributed by atoms with Gasteiger partial charge in [0, 0.05) is 44.7 Å². The topological polar surface area (TPSA) is 126 Å². The van der Waals surface area contributed by atoms with Gasteiger partial charge in [0.1, 0.15) is 6.04 Å². The highest BCUT2D eigenvalue weighted by molar-refractivity contribution is 6.05. The summed E-state index contributed by atoms with van der Waals surface area (Å²) in [5, 5.41) is 10.6. The number of piperidine rings is 1. The fourth-order valence-corrected chi connectivity index (χ4v) is 4.80. The third-order valence-corrected chi connectivity index (χ3v) is 6.46. The normalized spacial score (nSPS) is 24.0. The van der Waals surface area contributed by atoms with E-state index in [9.17, 15) is 14.4 Å². The van der Waals surface area contributed by atoms with E-state index in [1.54, 1.807) is 4.90 Å². The lowest BCUT2D eigenvalue weighted by Crippen LogP contribution is -2.52. The van der Waals surface area contributed by atoms with Gasteiger partial charge in [-0.25, -0.2) is 4.68 Å². The van der Waals surface area contributed by atoms with Crippen molar-refractivity contribution in [2.24, 2.45) is 5.73 Å². The van der Waals surface area contributed by atoms with Gasteiger partial charge in [-0.05, 0) is 30.0 Å². The summed E-state index contributed by atoms with van der Waals surface area (Å²) in [5.41, 5.74) is 9.15. The Balaban J connectivity index is 1.30. The maximum absolute atomic E-state index is 13.0. The van der Waals surface area contributed by atoms with E-state index in [-0.39, 0.29) is 30.2 Å². The smallest absolute Gasteiger partial charge is 0.255 e. The van der Waals surface area contributed by atoms with E-state index in [1.165, 1.54) is 0 Å². The minimum absolute atomic E-state index is 0.137. The van der Waals surface area contributed by atoms with E-state index in [4.69, 9.17) is 5.73 Å². The molecule has 0 spiro atoms. The molecular weight excluding hydrogens is 398 g/mol. The molecule has 0 aliphatic carbocycles. The molecule has 3 aliphatic rings. The van der Waals surface area contributed by atoms with Gasteiger partial charge in [0.05, 0.1) is 17.9 Å². The van der Waals surface area contributed by atoms with Crippen LogP contribution in [0.5, 0.6) is 0 Å². The van der Waals surface area contributed by atoms with Crippen LogP contribution in [-0.4, -0.2) is 61.6 Å². The highest BCUT2D eigenvalue weighted by Gasteiger charge is 2.40. The van der Waals surface area contributed by atoms with Gasteiger partial charge in [-0.3, -0.25) is 24.6 Å². The molecule has 3 amide bonds. The summed E-state index contributed by atoms with van der Waals surface area (Å²) in [6.45, 7) is 3.29. The Morgan fingerprint density at radius 1 is 1.19 bits per heavy atom. The molecule has 31 heavy (non-hydrogen) atoms. The number of nitrogens with zero attached hydrogens (tertiary/aromatic N) is 5. The number of imide groups is 1. The summed E-state index contributed by atoms with van der Waals surface area (Å²) in [7, 11) is 0. The van der Waals surface area contributed by atoms with Crippen LogP contribution in [0, 0.1) is 0 Å². The van der Waals surface area contributed by atoms with Crippen LogP contribution in [0.2, 0.25) is 0 Å². The molecule has 2 aromatic rings. The summed E-state index contributed by atoms with van der Waals surface area (Å²) in [5.74, 6) is -0.797. The third kappa shape index (κ3) is 3.61. The van der Waals surface area contributed by atoms with Crippen molar-refractivity contribution >= 4 is 17.7 Å². The number of carbonyl (C=O) groups excluding carboxylic acids is 3. The second kappa shape index (κ2) is 7.86. The molecule has 162 valence electrons. The lowest BCUT2D eigenvalue weighted by atomic mass is 10.0. The molecule has 1 aromatic heterocycles. The maximum Gasteiger partial charge on any atom is 0.255 e. The zero-order chi connectivity index (χ0) is 21.5. The predicted molar refractivity (Wildman–Crippen MR) is 109 cm³/mol. The molecule has 10 heteroatoms. The Hall–Kier alpha value is -3.11. The summed E-state index contributed by atoms with van der Waals surface area (Å²) in [6.07, 6.45) is 3.51. The number of fused-ring (bicyclic) bond motifs is 1. The first-order valence-electron chi connectivity index (χ1n) is 10.6. The molecule has 2 atom stereocenters. The van der Waals surface area contributed by atoms with Crippen molar-refractivity contribution in [3.63, 3.8) is 0 Å². The molecule has 10 nitrogen and oxygen atoms in total. The molecule has 4 heterocycles. The maximum atomic E-state index is 13.0. The fraction of sp³-hybridized carbons (Fsp3) is 0.476. The van der Waals surface area contributed by atoms with Gasteiger partial charge >= 0.3 is 0 Å². The Labute approximate surface area is 179 Å². The zero-order valence-corrected chi connectivity index (χ0v) is 17.2. The first kappa shape index (κ1) is 19.8. The lowest BCUT2D eigenvalue weighted by molar-refractivity contribution is -0.136. The Kier molecular flexibility index (Phi) is 5.03. The standard InChI is InChI=1S/C21H25N7O3/c22-8-14-10-28(25-24-14)15-6-7-26(11-15)9-13-2-1-3-16-17(13)12-27(21(16)31)18-4-5-19(29)23-20(18)30/h1-3,10,15,18H,4-9,11-12,22H2,(H,23,29,30). The Bertz CT molecular complexity index is 1050. The number of hydrogen-bond acceptors (Lipinski definition) is 7. The van der Waals surface area contributed by atoms with Crippen LogP contribution >= 0.6 is 0 Å². The van der Waals surface area contributed by atoms with Crippen molar-refractivity contribution < 1.29 is 14.4 Å². The Morgan fingerprint density at radius 2 is 2.06 bits per heavy atom. The number of likely N-dealkylation sites (tertiary alicyclic amines) is 1. The number of aromatic nitrogens is 3. The van der Waals surface area contributed by atoms with Gasteiger partial charge in [-0.15, -0.1) is 5.10 Å². The van der Waals surface area contributed by atoms with Gasteiger partial charge in [0.2, 0.25) is 11.8 Å². The fourth-order valence-electron chi connectivity index (χ4n) is 4.80. The summed E-state index contributed by atoms with van der Waals surface area (Å²) >= 11 is 0. The van der Waals surface area contributed by atoms with Crippen molar-refractivity contribution in [2.45, 2.75) is 51.0 Å². The number of rotatable bonds is 5. The number of benzene rings is 1. The average molecular weight is 423 g/mol. The number of carbonyl (C=O) groups is 3. The minimum Gasteiger partial charge on any atom is -0.325 e. The van der Waals surface area contributed by atoms with Gasteiger partial charge in [0.25, 0.3) is 5.91 Å². The van der Waals surface area contributed by atoms with Crippen LogP contribution in [0.1, 0.15) is 52.5 Å². The van der Waals surface area contributed by atoms with E-state index >= 15 is 0 Å². The van der Waals surface area contributed by atoms with Crippen LogP contribution in [0.25, 0.3) is 0 Å². The number of nitrogens with two attached hydrogens (primary N) is 1. The van der Waals surface area contributed by atoms with Gasteiger partial charge in [-0.2, -0.15) is 0 Å². The molecule has 5 rings (SSSR count). The van der Waals surface area contributed by atoms with Crippen LogP contribution in [0.3, 0.4) is 0 Å². The van der Waals surface area contributed by atoms with Crippen molar-refractivity contribution in [3.05, 3.63) is 46.8 Å².